The quantitative estimate of drug-likeness (QED) is 0.780. The first-order chi connectivity index (χ1) is 10.9. The molecule has 0 saturated carbocycles. The molecule has 0 fully saturated rings. The molecule has 2 aromatic rings. The normalized spacial score (nSPS) is 20.5. The summed E-state index contributed by atoms with van der Waals surface area (Å²) in [5.74, 6) is 0.321. The van der Waals surface area contributed by atoms with E-state index >= 15 is 0 Å². The second-order valence-electron chi connectivity index (χ2n) is 5.81. The largest absolute Gasteiger partial charge is 0.446 e. The Kier molecular flexibility index (Phi) is 4.53. The van der Waals surface area contributed by atoms with Gasteiger partial charge in [-0.3, -0.25) is 4.52 Å². The van der Waals surface area contributed by atoms with Crippen LogP contribution in [0.15, 0.2) is 43.5 Å². The third-order valence-electron chi connectivity index (χ3n) is 3.49. The van der Waals surface area contributed by atoms with Crippen LogP contribution in [0.1, 0.15) is 32.2 Å². The summed E-state index contributed by atoms with van der Waals surface area (Å²) in [7, 11) is 0. The van der Waals surface area contributed by atoms with Crippen molar-refractivity contribution in [3.63, 3.8) is 0 Å². The number of ether oxygens (including phenoxy) is 1. The fourth-order valence-electron chi connectivity index (χ4n) is 2.37. The fourth-order valence-corrected chi connectivity index (χ4v) is 3.72. The lowest BCUT2D eigenvalue weighted by Crippen LogP contribution is -2.35. The molecule has 1 unspecified atom stereocenters. The smallest absolute Gasteiger partial charge is 0.352 e. The van der Waals surface area contributed by atoms with Gasteiger partial charge in [0, 0.05) is 15.7 Å². The lowest BCUT2D eigenvalue weighted by atomic mass is 10.1. The van der Waals surface area contributed by atoms with E-state index in [1.54, 1.807) is 0 Å². The number of aromatic nitrogens is 2. The topological polar surface area (TPSA) is 57.3 Å². The Morgan fingerprint density at radius 2 is 2.09 bits per heavy atom. The zero-order valence-corrected chi connectivity index (χ0v) is 15.5. The van der Waals surface area contributed by atoms with Crippen LogP contribution in [0, 0.1) is 5.92 Å². The van der Waals surface area contributed by atoms with Crippen molar-refractivity contribution in [3.05, 3.63) is 56.1 Å². The summed E-state index contributed by atoms with van der Waals surface area (Å²) in [4.78, 5) is 11.1. The molecule has 1 atom stereocenters. The molecule has 0 spiro atoms. The highest BCUT2D eigenvalue weighted by Crippen LogP contribution is 2.47. The lowest BCUT2D eigenvalue weighted by Gasteiger charge is -2.34. The van der Waals surface area contributed by atoms with Gasteiger partial charge in [0.15, 0.2) is 0 Å². The number of nitrogens with zero attached hydrogens (tertiary/aromatic N) is 2. The third kappa shape index (κ3) is 2.93. The molecule has 0 N–H and O–H groups in total. The minimum atomic E-state index is -0.892. The SMILES string of the molecule is CC1=CSC(OCC(C)C)(c2ccc(Br)cc2)c2noc(=O)n21. The maximum absolute atomic E-state index is 12.0. The summed E-state index contributed by atoms with van der Waals surface area (Å²) in [5.41, 5.74) is 1.69. The second-order valence-corrected chi connectivity index (χ2v) is 7.77. The molecular formula is C16H17BrN2O3S. The van der Waals surface area contributed by atoms with Crippen molar-refractivity contribution in [3.8, 4) is 0 Å². The first-order valence-corrected chi connectivity index (χ1v) is 8.95. The van der Waals surface area contributed by atoms with Gasteiger partial charge in [0.2, 0.25) is 10.8 Å². The highest BCUT2D eigenvalue weighted by molar-refractivity contribution is 9.10. The van der Waals surface area contributed by atoms with Crippen molar-refractivity contribution in [1.82, 2.24) is 9.72 Å². The van der Waals surface area contributed by atoms with Crippen molar-refractivity contribution >= 4 is 33.4 Å². The Balaban J connectivity index is 2.17. The summed E-state index contributed by atoms with van der Waals surface area (Å²) >= 11 is 4.94. The highest BCUT2D eigenvalue weighted by atomic mass is 79.9. The molecule has 1 aromatic carbocycles. The molecular weight excluding hydrogens is 380 g/mol. The van der Waals surface area contributed by atoms with Crippen LogP contribution in [0.5, 0.6) is 0 Å². The monoisotopic (exact) mass is 396 g/mol. The summed E-state index contributed by atoms with van der Waals surface area (Å²) in [5, 5.41) is 5.92. The zero-order valence-electron chi connectivity index (χ0n) is 13.1. The molecule has 23 heavy (non-hydrogen) atoms. The minimum Gasteiger partial charge on any atom is -0.352 e. The van der Waals surface area contributed by atoms with Gasteiger partial charge < -0.3 is 4.74 Å². The van der Waals surface area contributed by atoms with Crippen LogP contribution in [-0.2, 0) is 9.67 Å². The molecule has 0 radical (unpaired) electrons. The first kappa shape index (κ1) is 16.5. The van der Waals surface area contributed by atoms with Crippen LogP contribution in [-0.4, -0.2) is 16.3 Å². The van der Waals surface area contributed by atoms with Crippen molar-refractivity contribution in [2.24, 2.45) is 5.92 Å². The summed E-state index contributed by atoms with van der Waals surface area (Å²) < 4.78 is 13.6. The van der Waals surface area contributed by atoms with Crippen LogP contribution in [0.25, 0.3) is 5.70 Å². The highest BCUT2D eigenvalue weighted by Gasteiger charge is 2.44. The zero-order chi connectivity index (χ0) is 16.6. The molecule has 1 aromatic heterocycles. The number of fused-ring (bicyclic) bond motifs is 1. The summed E-state index contributed by atoms with van der Waals surface area (Å²) in [6.45, 7) is 6.56. The van der Waals surface area contributed by atoms with Gasteiger partial charge in [0.25, 0.3) is 0 Å². The lowest BCUT2D eigenvalue weighted by molar-refractivity contribution is 0.0264. The van der Waals surface area contributed by atoms with Crippen LogP contribution in [0.3, 0.4) is 0 Å². The van der Waals surface area contributed by atoms with Crippen molar-refractivity contribution < 1.29 is 9.26 Å². The molecule has 2 heterocycles. The molecule has 3 rings (SSSR count). The fraction of sp³-hybridized carbons (Fsp3) is 0.375. The molecule has 1 aliphatic rings. The first-order valence-electron chi connectivity index (χ1n) is 7.28. The molecule has 0 amide bonds. The van der Waals surface area contributed by atoms with Crippen LogP contribution < -0.4 is 5.76 Å². The number of hydrogen-bond donors (Lipinski definition) is 0. The van der Waals surface area contributed by atoms with Gasteiger partial charge >= 0.3 is 5.76 Å². The molecule has 122 valence electrons. The molecule has 1 aliphatic heterocycles. The number of thioether (sulfide) groups is 1. The van der Waals surface area contributed by atoms with E-state index in [1.165, 1.54) is 16.3 Å². The van der Waals surface area contributed by atoms with Crippen LogP contribution in [0.4, 0.5) is 0 Å². The van der Waals surface area contributed by atoms with E-state index < -0.39 is 10.7 Å². The molecule has 7 heteroatoms. The van der Waals surface area contributed by atoms with Gasteiger partial charge in [-0.25, -0.2) is 9.36 Å². The number of rotatable bonds is 4. The second kappa shape index (κ2) is 6.30. The Morgan fingerprint density at radius 1 is 1.39 bits per heavy atom. The number of allylic oxidation sites excluding steroid dienone is 1. The average Bonchev–Trinajstić information content (AvgIpc) is 2.91. The minimum absolute atomic E-state index is 0.349. The van der Waals surface area contributed by atoms with E-state index in [2.05, 4.69) is 34.9 Å². The van der Waals surface area contributed by atoms with Gasteiger partial charge in [-0.15, -0.1) is 0 Å². The van der Waals surface area contributed by atoms with E-state index in [0.717, 1.165) is 15.7 Å². The van der Waals surface area contributed by atoms with E-state index in [0.29, 0.717) is 18.3 Å². The van der Waals surface area contributed by atoms with Crippen LogP contribution >= 0.6 is 27.7 Å². The Labute approximate surface area is 146 Å². The molecule has 5 nitrogen and oxygen atoms in total. The number of hydrogen-bond acceptors (Lipinski definition) is 5. The van der Waals surface area contributed by atoms with Crippen LogP contribution in [0.2, 0.25) is 0 Å². The molecule has 0 saturated heterocycles. The van der Waals surface area contributed by atoms with Crippen molar-refractivity contribution in [1.29, 1.82) is 0 Å². The van der Waals surface area contributed by atoms with E-state index in [4.69, 9.17) is 9.26 Å². The Morgan fingerprint density at radius 3 is 2.74 bits per heavy atom. The predicted molar refractivity (Wildman–Crippen MR) is 94.0 cm³/mol. The van der Waals surface area contributed by atoms with Crippen molar-refractivity contribution in [2.75, 3.05) is 6.61 Å². The number of halogens is 1. The van der Waals surface area contributed by atoms with Gasteiger partial charge in [-0.1, -0.05) is 58.8 Å². The van der Waals surface area contributed by atoms with Crippen molar-refractivity contribution in [2.45, 2.75) is 25.7 Å². The van der Waals surface area contributed by atoms with Gasteiger partial charge in [0.05, 0.1) is 6.61 Å². The van der Waals surface area contributed by atoms with E-state index in [9.17, 15) is 4.79 Å². The van der Waals surface area contributed by atoms with Gasteiger partial charge in [0.1, 0.15) is 0 Å². The summed E-state index contributed by atoms with van der Waals surface area (Å²) in [6.07, 6.45) is 0. The van der Waals surface area contributed by atoms with Gasteiger partial charge in [-0.2, -0.15) is 0 Å². The maximum atomic E-state index is 12.0. The third-order valence-corrected chi connectivity index (χ3v) is 5.35. The summed E-state index contributed by atoms with van der Waals surface area (Å²) in [6, 6.07) is 7.83. The Bertz CT molecular complexity index is 794. The van der Waals surface area contributed by atoms with E-state index in [-0.39, 0.29) is 0 Å². The molecule has 0 aliphatic carbocycles. The average molecular weight is 397 g/mol. The van der Waals surface area contributed by atoms with Gasteiger partial charge in [-0.05, 0) is 30.4 Å². The predicted octanol–water partition coefficient (Wildman–Crippen LogP) is 4.04. The van der Waals surface area contributed by atoms with E-state index in [1.807, 2.05) is 36.6 Å². The molecule has 0 bridgehead atoms. The Hall–Kier alpha value is -1.31. The standard InChI is InChI=1S/C16H17BrN2O3S/c1-10(2)8-21-16(12-4-6-13(17)7-5-12)14-18-22-15(20)19(14)11(3)9-23-16/h4-7,9-10H,8H2,1-3H3. The number of benzene rings is 1. The maximum Gasteiger partial charge on any atom is 0.446 e.